The number of esters is 1. The normalized spacial score (nSPS) is 23.6. The second kappa shape index (κ2) is 14.8. The molecule has 3 nitrogen and oxygen atoms in total. The fourth-order valence-corrected chi connectivity index (χ4v) is 12.1. The van der Waals surface area contributed by atoms with Crippen molar-refractivity contribution in [3.8, 4) is 0 Å². The van der Waals surface area contributed by atoms with Gasteiger partial charge in [-0.3, -0.25) is 0 Å². The van der Waals surface area contributed by atoms with Crippen molar-refractivity contribution in [3.05, 3.63) is 72.8 Å². The van der Waals surface area contributed by atoms with Crippen LogP contribution < -0.4 is 10.4 Å². The first kappa shape index (κ1) is 31.8. The van der Waals surface area contributed by atoms with Crippen molar-refractivity contribution < 1.29 is 14.0 Å². The molecule has 2 aliphatic carbocycles. The van der Waals surface area contributed by atoms with Crippen LogP contribution in [0.3, 0.4) is 0 Å². The van der Waals surface area contributed by atoms with Gasteiger partial charge in [0.1, 0.15) is 6.10 Å². The van der Waals surface area contributed by atoms with Crippen LogP contribution in [0.1, 0.15) is 105 Å². The third-order valence-corrected chi connectivity index (χ3v) is 14.9. The van der Waals surface area contributed by atoms with Crippen LogP contribution in [0.4, 0.5) is 0 Å². The predicted molar refractivity (Wildman–Crippen MR) is 174 cm³/mol. The third kappa shape index (κ3) is 8.02. The highest BCUT2D eigenvalue weighted by atomic mass is 28.4. The van der Waals surface area contributed by atoms with Crippen molar-refractivity contribution in [2.45, 2.75) is 116 Å². The van der Waals surface area contributed by atoms with E-state index in [0.717, 1.165) is 30.6 Å². The van der Waals surface area contributed by atoms with E-state index in [0.29, 0.717) is 5.57 Å². The molecule has 0 aromatic heterocycles. The van der Waals surface area contributed by atoms with Gasteiger partial charge in [0.15, 0.2) is 0 Å². The molecule has 224 valence electrons. The zero-order chi connectivity index (χ0) is 29.3. The van der Waals surface area contributed by atoms with Crippen LogP contribution in [0.15, 0.2) is 72.8 Å². The van der Waals surface area contributed by atoms with E-state index in [1.54, 1.807) is 0 Å². The van der Waals surface area contributed by atoms with Crippen molar-refractivity contribution >= 4 is 24.7 Å². The Kier molecular flexibility index (Phi) is 11.5. The molecule has 0 radical (unpaired) electrons. The summed E-state index contributed by atoms with van der Waals surface area (Å²) in [5, 5.41) is 2.26. The molecule has 0 N–H and O–H groups in total. The molecule has 41 heavy (non-hydrogen) atoms. The van der Waals surface area contributed by atoms with Crippen LogP contribution in [0, 0.1) is 17.8 Å². The Labute approximate surface area is 251 Å². The summed E-state index contributed by atoms with van der Waals surface area (Å²) < 4.78 is 12.9. The zero-order valence-electron chi connectivity index (χ0n) is 26.2. The van der Waals surface area contributed by atoms with Gasteiger partial charge in [0, 0.05) is 0 Å². The van der Waals surface area contributed by atoms with E-state index in [1.165, 1.54) is 74.6 Å². The van der Waals surface area contributed by atoms with E-state index in [9.17, 15) is 4.79 Å². The summed E-state index contributed by atoms with van der Waals surface area (Å²) in [5.74, 6) is 2.36. The number of unbranched alkanes of at least 4 members (excludes halogenated alkanes) is 2. The zero-order valence-corrected chi connectivity index (χ0v) is 27.2. The highest BCUT2D eigenvalue weighted by Crippen LogP contribution is 2.42. The van der Waals surface area contributed by atoms with Gasteiger partial charge in [-0.05, 0) is 71.7 Å². The highest BCUT2D eigenvalue weighted by molar-refractivity contribution is 6.99. The van der Waals surface area contributed by atoms with Crippen LogP contribution >= 0.6 is 0 Å². The fourth-order valence-electron chi connectivity index (χ4n) is 7.56. The van der Waals surface area contributed by atoms with Gasteiger partial charge >= 0.3 is 5.97 Å². The summed E-state index contributed by atoms with van der Waals surface area (Å²) in [6.45, 7) is 13.4. The monoisotopic (exact) mass is 574 g/mol. The number of rotatable bonds is 12. The third-order valence-electron chi connectivity index (χ3n) is 9.93. The number of hydrogen-bond donors (Lipinski definition) is 0. The van der Waals surface area contributed by atoms with Crippen LogP contribution in [0.5, 0.6) is 0 Å². The van der Waals surface area contributed by atoms with E-state index in [2.05, 4.69) is 82.8 Å². The average Bonchev–Trinajstić information content (AvgIpc) is 2.99. The van der Waals surface area contributed by atoms with Gasteiger partial charge in [-0.25, -0.2) is 4.79 Å². The Morgan fingerprint density at radius 1 is 0.805 bits per heavy atom. The standard InChI is InChI=1S/C37H54O3Si/c1-6-7-10-15-30-20-22-31(23-21-30)32-24-26-33(27-25-32)40-36(38)29(2)28-39-41(37(3,4)5,34-16-11-8-12-17-34)35-18-13-9-14-19-35/h8-9,11-14,16-19,30-33H,2,6-7,10,15,20-28H2,1,3-5H3. The summed E-state index contributed by atoms with van der Waals surface area (Å²) >= 11 is 0. The molecular weight excluding hydrogens is 520 g/mol. The van der Waals surface area contributed by atoms with E-state index in [-0.39, 0.29) is 23.7 Å². The van der Waals surface area contributed by atoms with Crippen LogP contribution in [-0.2, 0) is 14.0 Å². The van der Waals surface area contributed by atoms with Gasteiger partial charge in [-0.15, -0.1) is 0 Å². The maximum absolute atomic E-state index is 13.2. The molecule has 0 heterocycles. The lowest BCUT2D eigenvalue weighted by molar-refractivity contribution is -0.146. The van der Waals surface area contributed by atoms with Gasteiger partial charge in [-0.1, -0.05) is 133 Å². The summed E-state index contributed by atoms with van der Waals surface area (Å²) in [7, 11) is -2.72. The summed E-state index contributed by atoms with van der Waals surface area (Å²) in [6.07, 6.45) is 15.6. The van der Waals surface area contributed by atoms with Crippen molar-refractivity contribution in [3.63, 3.8) is 0 Å². The first-order valence-electron chi connectivity index (χ1n) is 16.4. The molecule has 2 aliphatic rings. The first-order chi connectivity index (χ1) is 19.7. The molecule has 0 atom stereocenters. The molecule has 0 saturated heterocycles. The van der Waals surface area contributed by atoms with Crippen molar-refractivity contribution in [1.82, 2.24) is 0 Å². The smallest absolute Gasteiger partial charge is 0.335 e. The number of carbonyl (C=O) groups is 1. The first-order valence-corrected chi connectivity index (χ1v) is 18.3. The molecule has 4 heteroatoms. The molecule has 2 fully saturated rings. The molecule has 0 aliphatic heterocycles. The molecule has 0 bridgehead atoms. The minimum absolute atomic E-state index is 0.00810. The molecule has 0 spiro atoms. The molecule has 0 unspecified atom stereocenters. The Balaban J connectivity index is 1.30. The highest BCUT2D eigenvalue weighted by Gasteiger charge is 2.50. The minimum atomic E-state index is -2.72. The maximum atomic E-state index is 13.2. The fraction of sp³-hybridized carbons (Fsp3) is 0.595. The molecule has 2 saturated carbocycles. The van der Waals surface area contributed by atoms with Gasteiger partial charge in [0.2, 0.25) is 0 Å². The largest absolute Gasteiger partial charge is 0.459 e. The van der Waals surface area contributed by atoms with E-state index < -0.39 is 8.32 Å². The van der Waals surface area contributed by atoms with E-state index in [4.69, 9.17) is 9.16 Å². The SMILES string of the molecule is C=C(CO[Si](c1ccccc1)(c1ccccc1)C(C)(C)C)C(=O)OC1CCC(C2CCC(CCCCC)CC2)CC1. The lowest BCUT2D eigenvalue weighted by Crippen LogP contribution is -2.66. The Morgan fingerprint density at radius 2 is 1.32 bits per heavy atom. The van der Waals surface area contributed by atoms with Crippen LogP contribution in [-0.4, -0.2) is 27.0 Å². The van der Waals surface area contributed by atoms with Gasteiger partial charge in [0.05, 0.1) is 12.2 Å². The number of ether oxygens (including phenoxy) is 1. The van der Waals surface area contributed by atoms with E-state index >= 15 is 0 Å². The number of benzene rings is 2. The van der Waals surface area contributed by atoms with Crippen molar-refractivity contribution in [1.29, 1.82) is 0 Å². The van der Waals surface area contributed by atoms with Crippen molar-refractivity contribution in [2.24, 2.45) is 17.8 Å². The van der Waals surface area contributed by atoms with Gasteiger partial charge in [0.25, 0.3) is 8.32 Å². The summed E-state index contributed by atoms with van der Waals surface area (Å²) in [5.41, 5.74) is 0.418. The number of hydrogen-bond acceptors (Lipinski definition) is 3. The van der Waals surface area contributed by atoms with Crippen molar-refractivity contribution in [2.75, 3.05) is 6.61 Å². The number of carbonyl (C=O) groups excluding carboxylic acids is 1. The van der Waals surface area contributed by atoms with Crippen LogP contribution in [0.2, 0.25) is 5.04 Å². The molecular formula is C37H54O3Si. The quantitative estimate of drug-likeness (QED) is 0.110. The molecule has 4 rings (SSSR count). The molecule has 0 amide bonds. The summed E-state index contributed by atoms with van der Waals surface area (Å²) in [4.78, 5) is 13.2. The van der Waals surface area contributed by atoms with Gasteiger partial charge < -0.3 is 9.16 Å². The van der Waals surface area contributed by atoms with Crippen LogP contribution in [0.25, 0.3) is 0 Å². The second-order valence-corrected chi connectivity index (χ2v) is 18.1. The molecule has 2 aromatic rings. The Bertz CT molecular complexity index is 1030. The topological polar surface area (TPSA) is 35.5 Å². The predicted octanol–water partition coefficient (Wildman–Crippen LogP) is 8.61. The van der Waals surface area contributed by atoms with Gasteiger partial charge in [-0.2, -0.15) is 0 Å². The van der Waals surface area contributed by atoms with E-state index in [1.807, 2.05) is 12.1 Å². The average molecular weight is 575 g/mol. The summed E-state index contributed by atoms with van der Waals surface area (Å²) in [6, 6.07) is 21.1. The lowest BCUT2D eigenvalue weighted by atomic mass is 9.70. The maximum Gasteiger partial charge on any atom is 0.335 e. The lowest BCUT2D eigenvalue weighted by Gasteiger charge is -2.43. The molecule has 2 aromatic carbocycles. The minimum Gasteiger partial charge on any atom is -0.459 e. The second-order valence-electron chi connectivity index (χ2n) is 13.8. The Morgan fingerprint density at radius 3 is 1.80 bits per heavy atom. The Hall–Kier alpha value is -2.17.